The van der Waals surface area contributed by atoms with Crippen molar-refractivity contribution in [2.24, 2.45) is 0 Å². The van der Waals surface area contributed by atoms with Crippen LogP contribution in [0.2, 0.25) is 0 Å². The van der Waals surface area contributed by atoms with Gasteiger partial charge >= 0.3 is 0 Å². The Kier molecular flexibility index (Phi) is 8.92. The van der Waals surface area contributed by atoms with E-state index in [-0.39, 0.29) is 24.9 Å². The van der Waals surface area contributed by atoms with Crippen LogP contribution >= 0.6 is 0 Å². The Bertz CT molecular complexity index is 1170. The summed E-state index contributed by atoms with van der Waals surface area (Å²) in [6.45, 7) is 9.63. The quantitative estimate of drug-likeness (QED) is 0.284. The Hall–Kier alpha value is -2.84. The largest absolute Gasteiger partial charge is 0.371 e. The van der Waals surface area contributed by atoms with Crippen LogP contribution in [0.5, 0.6) is 0 Å². The van der Waals surface area contributed by atoms with Crippen LogP contribution in [0.25, 0.3) is 0 Å². The lowest BCUT2D eigenvalue weighted by molar-refractivity contribution is -0.282. The highest BCUT2D eigenvalue weighted by Gasteiger charge is 2.66. The lowest BCUT2D eigenvalue weighted by atomic mass is 9.98. The highest BCUT2D eigenvalue weighted by Crippen LogP contribution is 2.48. The van der Waals surface area contributed by atoms with Gasteiger partial charge in [0.2, 0.25) is 5.79 Å². The van der Waals surface area contributed by atoms with Gasteiger partial charge in [0, 0.05) is 12.6 Å². The molecule has 0 bridgehead atoms. The van der Waals surface area contributed by atoms with Crippen LogP contribution in [-0.2, 0) is 43.4 Å². The second-order valence-corrected chi connectivity index (χ2v) is 10.7. The first-order chi connectivity index (χ1) is 19.0. The van der Waals surface area contributed by atoms with Crippen LogP contribution in [0.3, 0.4) is 0 Å². The predicted octanol–water partition coefficient (Wildman–Crippen LogP) is 5.77. The molecule has 2 saturated heterocycles. The molecule has 3 aromatic rings. The van der Waals surface area contributed by atoms with Crippen LogP contribution in [0.1, 0.15) is 37.0 Å². The molecule has 3 aromatic carbocycles. The average Bonchev–Trinajstić information content (AvgIpc) is 3.38. The zero-order chi connectivity index (χ0) is 27.1. The second kappa shape index (κ2) is 12.6. The normalized spacial score (nSPS) is 26.3. The fourth-order valence-electron chi connectivity index (χ4n) is 5.42. The molecular formula is C33H39NO5. The molecule has 5 rings (SSSR count). The molecule has 2 fully saturated rings. The third-order valence-corrected chi connectivity index (χ3v) is 7.15. The Morgan fingerprint density at radius 2 is 1.44 bits per heavy atom. The van der Waals surface area contributed by atoms with Gasteiger partial charge in [-0.05, 0) is 37.0 Å². The number of rotatable bonds is 13. The van der Waals surface area contributed by atoms with E-state index in [2.05, 4.69) is 36.2 Å². The summed E-state index contributed by atoms with van der Waals surface area (Å²) in [5, 5.41) is 3.69. The Balaban J connectivity index is 1.39. The molecule has 0 saturated carbocycles. The number of nitrogens with one attached hydrogen (secondary N) is 1. The summed E-state index contributed by atoms with van der Waals surface area (Å²) in [6.07, 6.45) is 1.40. The number of ether oxygens (including phenoxy) is 5. The van der Waals surface area contributed by atoms with Gasteiger partial charge in [0.05, 0.1) is 13.2 Å². The number of hydrogen-bond acceptors (Lipinski definition) is 6. The molecule has 2 heterocycles. The standard InChI is InChI=1S/C33H39NO5/c1-4-14-28(34-21-25-15-8-5-9-16-25)29-30(36-23-27-19-12-7-13-20-27)31-33(37-29,39-32(2,3)38-31)24-35-22-26-17-10-6-11-18-26/h4-13,15-20,28-31,34H,1,14,21-24H2,2-3H3/t28-,29-,30?,31?,33-/m0/s1. The monoisotopic (exact) mass is 529 g/mol. The third-order valence-electron chi connectivity index (χ3n) is 7.15. The van der Waals surface area contributed by atoms with Gasteiger partial charge in [-0.2, -0.15) is 0 Å². The van der Waals surface area contributed by atoms with E-state index in [1.165, 1.54) is 5.56 Å². The smallest absolute Gasteiger partial charge is 0.224 e. The SMILES string of the molecule is C=CC[C@H](NCc1ccccc1)[C@@H]1O[C@@]2(COCc3ccccc3)OC(C)(C)OC2C1OCc1ccccc1. The zero-order valence-electron chi connectivity index (χ0n) is 22.8. The van der Waals surface area contributed by atoms with Crippen LogP contribution in [0.15, 0.2) is 104 Å². The fraction of sp³-hybridized carbons (Fsp3) is 0.394. The van der Waals surface area contributed by atoms with E-state index in [4.69, 9.17) is 23.7 Å². The predicted molar refractivity (Wildman–Crippen MR) is 151 cm³/mol. The van der Waals surface area contributed by atoms with Crippen LogP contribution in [0, 0.1) is 0 Å². The highest BCUT2D eigenvalue weighted by molar-refractivity contribution is 5.17. The van der Waals surface area contributed by atoms with Gasteiger partial charge in [0.25, 0.3) is 0 Å². The van der Waals surface area contributed by atoms with E-state index in [0.29, 0.717) is 26.2 Å². The summed E-state index contributed by atoms with van der Waals surface area (Å²) in [5.74, 6) is -1.94. The fourth-order valence-corrected chi connectivity index (χ4v) is 5.42. The minimum atomic E-state index is -1.10. The summed E-state index contributed by atoms with van der Waals surface area (Å²) in [7, 11) is 0. The summed E-state index contributed by atoms with van der Waals surface area (Å²) >= 11 is 0. The van der Waals surface area contributed by atoms with Crippen LogP contribution in [0.4, 0.5) is 0 Å². The van der Waals surface area contributed by atoms with E-state index in [1.807, 2.05) is 86.7 Å². The first-order valence-electron chi connectivity index (χ1n) is 13.7. The van der Waals surface area contributed by atoms with Crippen LogP contribution in [-0.4, -0.2) is 42.5 Å². The molecule has 5 atom stereocenters. The van der Waals surface area contributed by atoms with Crippen molar-refractivity contribution in [3.63, 3.8) is 0 Å². The van der Waals surface area contributed by atoms with E-state index in [0.717, 1.165) is 11.1 Å². The molecule has 2 unspecified atom stereocenters. The van der Waals surface area contributed by atoms with Gasteiger partial charge in [-0.25, -0.2) is 0 Å². The lowest BCUT2D eigenvalue weighted by Crippen LogP contribution is -2.48. The van der Waals surface area contributed by atoms with Crippen molar-refractivity contribution in [3.05, 3.63) is 120 Å². The molecule has 39 heavy (non-hydrogen) atoms. The maximum Gasteiger partial charge on any atom is 0.224 e. The molecule has 6 nitrogen and oxygen atoms in total. The molecule has 0 amide bonds. The molecule has 0 radical (unpaired) electrons. The average molecular weight is 530 g/mol. The molecule has 2 aliphatic heterocycles. The Labute approximate surface area is 231 Å². The zero-order valence-corrected chi connectivity index (χ0v) is 22.8. The molecule has 0 aliphatic carbocycles. The summed E-state index contributed by atoms with van der Waals surface area (Å²) < 4.78 is 32.7. The molecule has 2 aliphatic rings. The topological polar surface area (TPSA) is 58.2 Å². The second-order valence-electron chi connectivity index (χ2n) is 10.7. The number of fused-ring (bicyclic) bond motifs is 1. The number of benzene rings is 3. The van der Waals surface area contributed by atoms with E-state index in [1.54, 1.807) is 0 Å². The van der Waals surface area contributed by atoms with Crippen molar-refractivity contribution in [1.82, 2.24) is 5.32 Å². The lowest BCUT2D eigenvalue weighted by Gasteiger charge is -2.32. The van der Waals surface area contributed by atoms with Gasteiger partial charge in [0.15, 0.2) is 5.79 Å². The van der Waals surface area contributed by atoms with Gasteiger partial charge in [-0.1, -0.05) is 97.1 Å². The maximum absolute atomic E-state index is 6.84. The van der Waals surface area contributed by atoms with Crippen molar-refractivity contribution in [2.75, 3.05) is 6.61 Å². The minimum absolute atomic E-state index is 0.0737. The molecule has 0 spiro atoms. The Morgan fingerprint density at radius 3 is 2.05 bits per heavy atom. The Morgan fingerprint density at radius 1 is 0.846 bits per heavy atom. The van der Waals surface area contributed by atoms with Gasteiger partial charge in [-0.3, -0.25) is 0 Å². The molecular weight excluding hydrogens is 490 g/mol. The van der Waals surface area contributed by atoms with Crippen molar-refractivity contribution >= 4 is 0 Å². The summed E-state index contributed by atoms with van der Waals surface area (Å²) in [5.41, 5.74) is 3.37. The molecule has 6 heteroatoms. The van der Waals surface area contributed by atoms with E-state index in [9.17, 15) is 0 Å². The summed E-state index contributed by atoms with van der Waals surface area (Å²) in [6, 6.07) is 30.5. The van der Waals surface area contributed by atoms with Crippen molar-refractivity contribution < 1.29 is 23.7 Å². The molecule has 0 aromatic heterocycles. The minimum Gasteiger partial charge on any atom is -0.371 e. The van der Waals surface area contributed by atoms with E-state index < -0.39 is 17.7 Å². The van der Waals surface area contributed by atoms with Crippen molar-refractivity contribution in [1.29, 1.82) is 0 Å². The molecule has 1 N–H and O–H groups in total. The maximum atomic E-state index is 6.84. The molecule has 206 valence electrons. The van der Waals surface area contributed by atoms with Crippen molar-refractivity contribution in [2.45, 2.75) is 76.0 Å². The van der Waals surface area contributed by atoms with Gasteiger partial charge in [0.1, 0.15) is 24.9 Å². The van der Waals surface area contributed by atoms with Gasteiger partial charge in [-0.15, -0.1) is 6.58 Å². The third kappa shape index (κ3) is 6.84. The summed E-state index contributed by atoms with van der Waals surface area (Å²) in [4.78, 5) is 0. The van der Waals surface area contributed by atoms with Crippen LogP contribution < -0.4 is 5.32 Å². The highest BCUT2D eigenvalue weighted by atomic mass is 16.9. The number of hydrogen-bond donors (Lipinski definition) is 1. The van der Waals surface area contributed by atoms with E-state index >= 15 is 0 Å². The first-order valence-corrected chi connectivity index (χ1v) is 13.7. The van der Waals surface area contributed by atoms with Gasteiger partial charge < -0.3 is 29.0 Å². The first kappa shape index (κ1) is 27.7. The van der Waals surface area contributed by atoms with Crippen molar-refractivity contribution in [3.8, 4) is 0 Å².